The first kappa shape index (κ1) is 14.0. The molecule has 0 saturated heterocycles. The van der Waals surface area contributed by atoms with E-state index < -0.39 is 6.10 Å². The fourth-order valence-electron chi connectivity index (χ4n) is 2.23. The van der Waals surface area contributed by atoms with Crippen LogP contribution in [-0.2, 0) is 18.2 Å². The van der Waals surface area contributed by atoms with Crippen molar-refractivity contribution >= 4 is 10.9 Å². The van der Waals surface area contributed by atoms with E-state index in [2.05, 4.69) is 18.1 Å². The molecule has 0 aliphatic rings. The second kappa shape index (κ2) is 6.68. The molecule has 2 rings (SSSR count). The lowest BCUT2D eigenvalue weighted by Crippen LogP contribution is -2.14. The Hall–Kier alpha value is -1.39. The highest BCUT2D eigenvalue weighted by Gasteiger charge is 2.12. The maximum Gasteiger partial charge on any atom is 0.0728 e. The predicted octanol–water partition coefficient (Wildman–Crippen LogP) is 2.29. The number of nitrogens with zero attached hydrogens (tertiary/aromatic N) is 2. The molecule has 0 spiro atoms. The van der Waals surface area contributed by atoms with Crippen molar-refractivity contribution in [2.24, 2.45) is 7.05 Å². The first-order valence-electron chi connectivity index (χ1n) is 6.88. The van der Waals surface area contributed by atoms with E-state index in [1.807, 2.05) is 29.9 Å². The molecule has 1 N–H and O–H groups in total. The van der Waals surface area contributed by atoms with Crippen molar-refractivity contribution in [2.45, 2.75) is 32.3 Å². The molecule has 19 heavy (non-hydrogen) atoms. The number of aliphatic hydroxyl groups is 1. The standard InChI is InChI=1S/C15H22N2O2/c1-3-9-19-10-8-12(18)11-14-13-6-4-5-7-15(13)17(2)16-14/h4-7,12,18H,3,8-11H2,1-2H3. The third-order valence-corrected chi connectivity index (χ3v) is 3.21. The monoisotopic (exact) mass is 262 g/mol. The van der Waals surface area contributed by atoms with Crippen LogP contribution < -0.4 is 0 Å². The molecule has 0 saturated carbocycles. The van der Waals surface area contributed by atoms with Gasteiger partial charge in [-0.15, -0.1) is 0 Å². The molecule has 0 fully saturated rings. The number of ether oxygens (including phenoxy) is 1. The van der Waals surface area contributed by atoms with Gasteiger partial charge in [-0.3, -0.25) is 4.68 Å². The van der Waals surface area contributed by atoms with Gasteiger partial charge >= 0.3 is 0 Å². The van der Waals surface area contributed by atoms with Gasteiger partial charge in [0.2, 0.25) is 0 Å². The van der Waals surface area contributed by atoms with Gasteiger partial charge in [-0.2, -0.15) is 5.10 Å². The lowest BCUT2D eigenvalue weighted by molar-refractivity contribution is 0.0821. The van der Waals surface area contributed by atoms with Gasteiger partial charge in [-0.25, -0.2) is 0 Å². The van der Waals surface area contributed by atoms with E-state index in [1.165, 1.54) is 0 Å². The molecule has 104 valence electrons. The molecule has 4 heteroatoms. The molecule has 0 amide bonds. The molecule has 0 bridgehead atoms. The lowest BCUT2D eigenvalue weighted by Gasteiger charge is -2.09. The van der Waals surface area contributed by atoms with E-state index in [0.717, 1.165) is 29.6 Å². The van der Waals surface area contributed by atoms with Gasteiger partial charge in [0.25, 0.3) is 0 Å². The van der Waals surface area contributed by atoms with Crippen LogP contribution in [0.5, 0.6) is 0 Å². The number of aryl methyl sites for hydroxylation is 1. The minimum atomic E-state index is -0.393. The molecule has 0 aliphatic heterocycles. The second-order valence-corrected chi connectivity index (χ2v) is 4.85. The van der Waals surface area contributed by atoms with Crippen LogP contribution in [0.1, 0.15) is 25.5 Å². The van der Waals surface area contributed by atoms with E-state index in [9.17, 15) is 5.11 Å². The number of para-hydroxylation sites is 1. The predicted molar refractivity (Wildman–Crippen MR) is 76.2 cm³/mol. The van der Waals surface area contributed by atoms with Crippen LogP contribution in [0, 0.1) is 0 Å². The summed E-state index contributed by atoms with van der Waals surface area (Å²) >= 11 is 0. The number of hydrogen-bond acceptors (Lipinski definition) is 3. The van der Waals surface area contributed by atoms with Crippen molar-refractivity contribution in [3.05, 3.63) is 30.0 Å². The second-order valence-electron chi connectivity index (χ2n) is 4.85. The van der Waals surface area contributed by atoms with E-state index in [4.69, 9.17) is 4.74 Å². The molecule has 0 radical (unpaired) electrons. The van der Waals surface area contributed by atoms with Crippen LogP contribution in [0.15, 0.2) is 24.3 Å². The van der Waals surface area contributed by atoms with Crippen molar-refractivity contribution in [1.82, 2.24) is 9.78 Å². The highest BCUT2D eigenvalue weighted by atomic mass is 16.5. The summed E-state index contributed by atoms with van der Waals surface area (Å²) in [5.74, 6) is 0. The summed E-state index contributed by atoms with van der Waals surface area (Å²) in [5, 5.41) is 15.7. The summed E-state index contributed by atoms with van der Waals surface area (Å²) in [6.07, 6.45) is 1.86. The molecular weight excluding hydrogens is 240 g/mol. The SMILES string of the molecule is CCCOCCC(O)Cc1nn(C)c2ccccc12. The maximum absolute atomic E-state index is 10.0. The molecule has 0 aliphatic carbocycles. The van der Waals surface area contributed by atoms with Gasteiger partial charge in [0, 0.05) is 32.1 Å². The normalized spacial score (nSPS) is 13.0. The minimum Gasteiger partial charge on any atom is -0.393 e. The van der Waals surface area contributed by atoms with Gasteiger partial charge in [-0.1, -0.05) is 25.1 Å². The van der Waals surface area contributed by atoms with Gasteiger partial charge in [0.15, 0.2) is 0 Å². The summed E-state index contributed by atoms with van der Waals surface area (Å²) in [7, 11) is 1.93. The topological polar surface area (TPSA) is 47.3 Å². The summed E-state index contributed by atoms with van der Waals surface area (Å²) in [4.78, 5) is 0. The fraction of sp³-hybridized carbons (Fsp3) is 0.533. The molecule has 1 atom stereocenters. The highest BCUT2D eigenvalue weighted by Crippen LogP contribution is 2.19. The van der Waals surface area contributed by atoms with Crippen LogP contribution >= 0.6 is 0 Å². The quantitative estimate of drug-likeness (QED) is 0.779. The smallest absolute Gasteiger partial charge is 0.0728 e. The van der Waals surface area contributed by atoms with Crippen molar-refractivity contribution in [3.63, 3.8) is 0 Å². The van der Waals surface area contributed by atoms with E-state index >= 15 is 0 Å². The van der Waals surface area contributed by atoms with Crippen LogP contribution in [0.2, 0.25) is 0 Å². The van der Waals surface area contributed by atoms with E-state index in [-0.39, 0.29) is 0 Å². The Morgan fingerprint density at radius 3 is 2.89 bits per heavy atom. The number of aromatic nitrogens is 2. The number of benzene rings is 1. The molecule has 1 aromatic heterocycles. The largest absolute Gasteiger partial charge is 0.393 e. The average Bonchev–Trinajstić information content (AvgIpc) is 2.72. The Bertz CT molecular complexity index is 522. The molecule has 1 heterocycles. The summed E-state index contributed by atoms with van der Waals surface area (Å²) in [5.41, 5.74) is 2.06. The first-order valence-corrected chi connectivity index (χ1v) is 6.88. The Balaban J connectivity index is 1.97. The Kier molecular flexibility index (Phi) is 4.93. The Morgan fingerprint density at radius 1 is 1.32 bits per heavy atom. The van der Waals surface area contributed by atoms with Crippen molar-refractivity contribution < 1.29 is 9.84 Å². The van der Waals surface area contributed by atoms with Crippen molar-refractivity contribution in [2.75, 3.05) is 13.2 Å². The molecule has 1 unspecified atom stereocenters. The van der Waals surface area contributed by atoms with Crippen LogP contribution in [0.3, 0.4) is 0 Å². The van der Waals surface area contributed by atoms with Gasteiger partial charge in [0.1, 0.15) is 0 Å². The number of hydrogen-bond donors (Lipinski definition) is 1. The van der Waals surface area contributed by atoms with Crippen LogP contribution in [0.25, 0.3) is 10.9 Å². The Morgan fingerprint density at radius 2 is 2.11 bits per heavy atom. The first-order chi connectivity index (χ1) is 9.22. The van der Waals surface area contributed by atoms with Crippen molar-refractivity contribution in [3.8, 4) is 0 Å². The molecule has 1 aromatic carbocycles. The molecule has 2 aromatic rings. The highest BCUT2D eigenvalue weighted by molar-refractivity contribution is 5.81. The third kappa shape index (κ3) is 3.55. The zero-order chi connectivity index (χ0) is 13.7. The number of aliphatic hydroxyl groups excluding tert-OH is 1. The van der Waals surface area contributed by atoms with Crippen LogP contribution in [0.4, 0.5) is 0 Å². The summed E-state index contributed by atoms with van der Waals surface area (Å²) in [6, 6.07) is 8.10. The summed E-state index contributed by atoms with van der Waals surface area (Å²) in [6.45, 7) is 3.45. The molecule has 4 nitrogen and oxygen atoms in total. The zero-order valence-electron chi connectivity index (χ0n) is 11.7. The van der Waals surface area contributed by atoms with E-state index in [0.29, 0.717) is 19.4 Å². The number of fused-ring (bicyclic) bond motifs is 1. The van der Waals surface area contributed by atoms with Crippen molar-refractivity contribution in [1.29, 1.82) is 0 Å². The van der Waals surface area contributed by atoms with Gasteiger partial charge < -0.3 is 9.84 Å². The maximum atomic E-state index is 10.0. The Labute approximate surface area is 114 Å². The zero-order valence-corrected chi connectivity index (χ0v) is 11.7. The summed E-state index contributed by atoms with van der Waals surface area (Å²) < 4.78 is 7.26. The van der Waals surface area contributed by atoms with Gasteiger partial charge in [-0.05, 0) is 18.9 Å². The van der Waals surface area contributed by atoms with Gasteiger partial charge in [0.05, 0.1) is 17.3 Å². The van der Waals surface area contributed by atoms with E-state index in [1.54, 1.807) is 0 Å². The van der Waals surface area contributed by atoms with Crippen LogP contribution in [-0.4, -0.2) is 34.2 Å². The minimum absolute atomic E-state index is 0.393. The molecular formula is C15H22N2O2. The number of rotatable bonds is 7. The fourth-order valence-corrected chi connectivity index (χ4v) is 2.23. The lowest BCUT2D eigenvalue weighted by atomic mass is 10.1. The average molecular weight is 262 g/mol. The third-order valence-electron chi connectivity index (χ3n) is 3.21.